The molecule has 1 heterocycles. The first-order chi connectivity index (χ1) is 13.8. The van der Waals surface area contributed by atoms with Crippen molar-refractivity contribution >= 4 is 5.57 Å². The molecule has 4 rings (SSSR count). The first-order valence-electron chi connectivity index (χ1n) is 9.37. The average Bonchev–Trinajstić information content (AvgIpc) is 3.26. The van der Waals surface area contributed by atoms with Crippen molar-refractivity contribution < 1.29 is 0 Å². The van der Waals surface area contributed by atoms with E-state index in [2.05, 4.69) is 46.7 Å². The van der Waals surface area contributed by atoms with Gasteiger partial charge < -0.3 is 0 Å². The van der Waals surface area contributed by atoms with Crippen molar-refractivity contribution in [3.05, 3.63) is 120 Å². The minimum atomic E-state index is -0.719. The fourth-order valence-corrected chi connectivity index (χ4v) is 3.53. The molecule has 138 valence electrons. The Balaban J connectivity index is 2.09. The monoisotopic (exact) mass is 366 g/mol. The van der Waals surface area contributed by atoms with Gasteiger partial charge in [0.25, 0.3) is 0 Å². The van der Waals surface area contributed by atoms with Crippen LogP contribution in [0.15, 0.2) is 97.1 Å². The van der Waals surface area contributed by atoms with Crippen LogP contribution in [-0.2, 0) is 5.54 Å². The Hall–Kier alpha value is -3.53. The molecule has 0 bridgehead atoms. The van der Waals surface area contributed by atoms with E-state index in [-0.39, 0.29) is 0 Å². The number of hydrogen-bond acceptors (Lipinski definition) is 3. The molecule has 0 amide bonds. The van der Waals surface area contributed by atoms with Crippen LogP contribution >= 0.6 is 0 Å². The maximum absolute atomic E-state index is 4.81. The zero-order valence-corrected chi connectivity index (χ0v) is 16.0. The molecule has 1 aromatic heterocycles. The first kappa shape index (κ1) is 17.9. The maximum Gasteiger partial charge on any atom is 0.200 e. The topological polar surface area (TPSA) is 43.6 Å². The summed E-state index contributed by atoms with van der Waals surface area (Å²) in [6.07, 6.45) is 2.00. The second kappa shape index (κ2) is 7.61. The third kappa shape index (κ3) is 2.93. The van der Waals surface area contributed by atoms with Crippen molar-refractivity contribution in [1.29, 1.82) is 0 Å². The van der Waals surface area contributed by atoms with Gasteiger partial charge in [-0.15, -0.1) is 15.0 Å². The molecule has 4 nitrogen and oxygen atoms in total. The van der Waals surface area contributed by atoms with Crippen LogP contribution in [0.2, 0.25) is 0 Å². The van der Waals surface area contributed by atoms with Crippen LogP contribution < -0.4 is 0 Å². The average molecular weight is 366 g/mol. The normalized spacial score (nSPS) is 12.1. The summed E-state index contributed by atoms with van der Waals surface area (Å²) in [4.78, 5) is 1.75. The van der Waals surface area contributed by atoms with Crippen molar-refractivity contribution in [2.24, 2.45) is 0 Å². The van der Waals surface area contributed by atoms with Crippen LogP contribution in [0.4, 0.5) is 0 Å². The van der Waals surface area contributed by atoms with E-state index in [1.165, 1.54) is 0 Å². The zero-order chi connectivity index (χ0) is 19.4. The molecule has 0 spiro atoms. The van der Waals surface area contributed by atoms with Crippen molar-refractivity contribution in [2.75, 3.05) is 0 Å². The van der Waals surface area contributed by atoms with E-state index in [9.17, 15) is 0 Å². The second-order valence-electron chi connectivity index (χ2n) is 6.68. The number of rotatable bonds is 5. The molecular weight excluding hydrogens is 344 g/mol. The van der Waals surface area contributed by atoms with Crippen LogP contribution in [0.5, 0.6) is 0 Å². The molecule has 3 aromatic carbocycles. The summed E-state index contributed by atoms with van der Waals surface area (Å²) in [7, 11) is 0. The quantitative estimate of drug-likeness (QED) is 0.470. The molecule has 0 radical (unpaired) electrons. The Morgan fingerprint density at radius 2 is 1.18 bits per heavy atom. The van der Waals surface area contributed by atoms with Gasteiger partial charge in [0.05, 0.1) is 0 Å². The summed E-state index contributed by atoms with van der Waals surface area (Å²) in [6.45, 7) is 3.98. The van der Waals surface area contributed by atoms with Gasteiger partial charge in [-0.05, 0) is 41.3 Å². The lowest BCUT2D eigenvalue weighted by Crippen LogP contribution is -2.39. The lowest BCUT2D eigenvalue weighted by atomic mass is 9.77. The molecule has 0 fully saturated rings. The van der Waals surface area contributed by atoms with Crippen LogP contribution in [-0.4, -0.2) is 20.2 Å². The zero-order valence-electron chi connectivity index (χ0n) is 16.0. The van der Waals surface area contributed by atoms with Gasteiger partial charge in [0, 0.05) is 0 Å². The van der Waals surface area contributed by atoms with Crippen LogP contribution in [0.25, 0.3) is 5.57 Å². The number of benzene rings is 3. The second-order valence-corrected chi connectivity index (χ2v) is 6.68. The van der Waals surface area contributed by atoms with Crippen molar-refractivity contribution in [1.82, 2.24) is 20.2 Å². The van der Waals surface area contributed by atoms with Gasteiger partial charge in [0.2, 0.25) is 0 Å². The smallest absolute Gasteiger partial charge is 0.144 e. The van der Waals surface area contributed by atoms with Crippen LogP contribution in [0.3, 0.4) is 0 Å². The Kier molecular flexibility index (Phi) is 4.85. The molecule has 0 aliphatic carbocycles. The summed E-state index contributed by atoms with van der Waals surface area (Å²) in [6, 6.07) is 31.0. The minimum absolute atomic E-state index is 0.634. The fourth-order valence-electron chi connectivity index (χ4n) is 3.53. The van der Waals surface area contributed by atoms with Crippen LogP contribution in [0.1, 0.15) is 36.4 Å². The number of allylic oxidation sites excluding steroid dienone is 2. The predicted octanol–water partition coefficient (Wildman–Crippen LogP) is 4.94. The molecule has 0 unspecified atom stereocenters. The molecule has 0 saturated heterocycles. The highest BCUT2D eigenvalue weighted by atomic mass is 15.6. The van der Waals surface area contributed by atoms with Gasteiger partial charge in [0.15, 0.2) is 11.4 Å². The molecule has 0 N–H and O–H groups in total. The lowest BCUT2D eigenvalue weighted by molar-refractivity contribution is 0.395. The molecule has 0 aliphatic heterocycles. The van der Waals surface area contributed by atoms with E-state index in [0.717, 1.165) is 22.3 Å². The predicted molar refractivity (Wildman–Crippen MR) is 112 cm³/mol. The van der Waals surface area contributed by atoms with Gasteiger partial charge in [-0.25, -0.2) is 0 Å². The van der Waals surface area contributed by atoms with E-state index in [1.807, 2.05) is 74.5 Å². The summed E-state index contributed by atoms with van der Waals surface area (Å²) in [5, 5.41) is 13.7. The van der Waals surface area contributed by atoms with Crippen molar-refractivity contribution in [2.45, 2.75) is 19.4 Å². The van der Waals surface area contributed by atoms with Gasteiger partial charge in [-0.3, -0.25) is 0 Å². The molecular formula is C24H22N4. The number of hydrogen-bond donors (Lipinski definition) is 0. The Bertz CT molecular complexity index is 971. The molecule has 0 atom stereocenters. The highest BCUT2D eigenvalue weighted by Crippen LogP contribution is 2.39. The molecule has 4 aromatic rings. The van der Waals surface area contributed by atoms with Gasteiger partial charge >= 0.3 is 0 Å². The summed E-state index contributed by atoms with van der Waals surface area (Å²) >= 11 is 0. The molecule has 0 saturated carbocycles. The summed E-state index contributed by atoms with van der Waals surface area (Å²) < 4.78 is 0. The van der Waals surface area contributed by atoms with Crippen molar-refractivity contribution in [3.63, 3.8) is 0 Å². The highest BCUT2D eigenvalue weighted by Gasteiger charge is 2.41. The van der Waals surface area contributed by atoms with E-state index in [4.69, 9.17) is 5.10 Å². The Morgan fingerprint density at radius 1 is 0.750 bits per heavy atom. The minimum Gasteiger partial charge on any atom is -0.144 e. The van der Waals surface area contributed by atoms with E-state index >= 15 is 0 Å². The highest BCUT2D eigenvalue weighted by molar-refractivity contribution is 5.56. The van der Waals surface area contributed by atoms with E-state index in [1.54, 1.807) is 4.80 Å². The van der Waals surface area contributed by atoms with Crippen molar-refractivity contribution in [3.8, 4) is 0 Å². The summed E-state index contributed by atoms with van der Waals surface area (Å²) in [5.41, 5.74) is 3.51. The standard InChI is InChI=1S/C24H22N4/c1-3-19(2)23-25-27-28(26-23)24(20-13-7-4-8-14-20,21-15-9-5-10-16-21)22-17-11-6-12-18-22/h3-18H,1-2H3/b19-3+. The Labute approximate surface area is 165 Å². The van der Waals surface area contributed by atoms with E-state index < -0.39 is 5.54 Å². The summed E-state index contributed by atoms with van der Waals surface area (Å²) in [5.74, 6) is 0.634. The van der Waals surface area contributed by atoms with Gasteiger partial charge in [-0.1, -0.05) is 97.1 Å². The van der Waals surface area contributed by atoms with Crippen LogP contribution in [0, 0.1) is 0 Å². The SMILES string of the molecule is C/C=C(\C)c1nnn(C(c2ccccc2)(c2ccccc2)c2ccccc2)n1. The number of aromatic nitrogens is 4. The number of nitrogens with zero attached hydrogens (tertiary/aromatic N) is 4. The fraction of sp³-hybridized carbons (Fsp3) is 0.125. The van der Waals surface area contributed by atoms with Gasteiger partial charge in [0.1, 0.15) is 0 Å². The largest absolute Gasteiger partial charge is 0.200 e. The first-order valence-corrected chi connectivity index (χ1v) is 9.37. The lowest BCUT2D eigenvalue weighted by Gasteiger charge is -2.34. The molecule has 4 heteroatoms. The molecule has 0 aliphatic rings. The maximum atomic E-state index is 4.81. The number of tetrazole rings is 1. The van der Waals surface area contributed by atoms with Gasteiger partial charge in [-0.2, -0.15) is 0 Å². The molecule has 28 heavy (non-hydrogen) atoms. The van der Waals surface area contributed by atoms with E-state index in [0.29, 0.717) is 5.82 Å². The third-order valence-electron chi connectivity index (χ3n) is 5.07. The Morgan fingerprint density at radius 3 is 1.57 bits per heavy atom. The third-order valence-corrected chi connectivity index (χ3v) is 5.07.